The molecule has 1 aliphatic heterocycles. The van der Waals surface area contributed by atoms with Gasteiger partial charge >= 0.3 is 5.97 Å². The number of anilines is 1. The summed E-state index contributed by atoms with van der Waals surface area (Å²) in [5, 5.41) is 8.91. The standard InChI is InChI=1S/C18H21F2N3O3/c1-2-22-9-12(18(25)26)17(24)11-7-13(19)16(14(20)15(11)22)23-6-4-10(8-23)3-5-21/h7,9-10H,2-6,8,21H2,1H3,(H,25,26). The van der Waals surface area contributed by atoms with E-state index >= 15 is 4.39 Å². The molecule has 1 saturated heterocycles. The first kappa shape index (κ1) is 18.3. The number of rotatable bonds is 5. The van der Waals surface area contributed by atoms with Crippen LogP contribution in [0.5, 0.6) is 0 Å². The fourth-order valence-corrected chi connectivity index (χ4v) is 3.68. The van der Waals surface area contributed by atoms with Gasteiger partial charge < -0.3 is 20.3 Å². The van der Waals surface area contributed by atoms with Crippen LogP contribution in [0.25, 0.3) is 10.9 Å². The van der Waals surface area contributed by atoms with E-state index in [0.717, 1.165) is 25.1 Å². The molecule has 1 aromatic carbocycles. The number of carboxylic acid groups (broad SMARTS) is 1. The number of aromatic nitrogens is 1. The highest BCUT2D eigenvalue weighted by Gasteiger charge is 2.29. The van der Waals surface area contributed by atoms with Crippen molar-refractivity contribution in [2.45, 2.75) is 26.3 Å². The number of nitrogens with zero attached hydrogens (tertiary/aromatic N) is 2. The van der Waals surface area contributed by atoms with Crippen LogP contribution >= 0.6 is 0 Å². The molecule has 0 spiro atoms. The molecule has 1 aliphatic rings. The lowest BCUT2D eigenvalue weighted by Crippen LogP contribution is -2.25. The molecule has 0 bridgehead atoms. The molecular formula is C18H21F2N3O3. The van der Waals surface area contributed by atoms with E-state index in [1.54, 1.807) is 11.8 Å². The van der Waals surface area contributed by atoms with Crippen LogP contribution in [-0.4, -0.2) is 35.3 Å². The van der Waals surface area contributed by atoms with Crippen LogP contribution in [0.15, 0.2) is 17.1 Å². The number of nitrogens with two attached hydrogens (primary N) is 1. The van der Waals surface area contributed by atoms with Crippen LogP contribution in [0.1, 0.15) is 30.1 Å². The fraction of sp³-hybridized carbons (Fsp3) is 0.444. The van der Waals surface area contributed by atoms with Crippen molar-refractivity contribution in [1.29, 1.82) is 0 Å². The van der Waals surface area contributed by atoms with Crippen molar-refractivity contribution < 1.29 is 18.7 Å². The maximum absolute atomic E-state index is 15.2. The van der Waals surface area contributed by atoms with Crippen LogP contribution in [0.2, 0.25) is 0 Å². The van der Waals surface area contributed by atoms with E-state index in [9.17, 15) is 19.1 Å². The smallest absolute Gasteiger partial charge is 0.341 e. The van der Waals surface area contributed by atoms with Crippen LogP contribution in [0.3, 0.4) is 0 Å². The van der Waals surface area contributed by atoms with Gasteiger partial charge in [-0.2, -0.15) is 0 Å². The van der Waals surface area contributed by atoms with E-state index in [0.29, 0.717) is 19.6 Å². The van der Waals surface area contributed by atoms with Crippen LogP contribution in [0.4, 0.5) is 14.5 Å². The van der Waals surface area contributed by atoms with Crippen molar-refractivity contribution in [2.75, 3.05) is 24.5 Å². The van der Waals surface area contributed by atoms with Gasteiger partial charge in [0, 0.05) is 25.8 Å². The summed E-state index contributed by atoms with van der Waals surface area (Å²) in [5.41, 5.74) is 3.94. The normalized spacial score (nSPS) is 17.2. The van der Waals surface area contributed by atoms with E-state index in [-0.39, 0.29) is 29.1 Å². The van der Waals surface area contributed by atoms with Crippen molar-refractivity contribution in [3.05, 3.63) is 39.7 Å². The topological polar surface area (TPSA) is 88.6 Å². The minimum Gasteiger partial charge on any atom is -0.477 e. The largest absolute Gasteiger partial charge is 0.477 e. The second-order valence-corrected chi connectivity index (χ2v) is 6.56. The SMILES string of the molecule is CCn1cc(C(=O)O)c(=O)c2cc(F)c(N3CCC(CCN)C3)c(F)c21. The average molecular weight is 365 g/mol. The molecule has 0 amide bonds. The van der Waals surface area contributed by atoms with Crippen molar-refractivity contribution in [3.63, 3.8) is 0 Å². The molecular weight excluding hydrogens is 344 g/mol. The number of aryl methyl sites for hydroxylation is 1. The number of aromatic carboxylic acids is 1. The van der Waals surface area contributed by atoms with Crippen LogP contribution in [-0.2, 0) is 6.54 Å². The zero-order valence-electron chi connectivity index (χ0n) is 14.5. The summed E-state index contributed by atoms with van der Waals surface area (Å²) in [6, 6.07) is 0.949. The van der Waals surface area contributed by atoms with E-state index in [2.05, 4.69) is 0 Å². The Bertz CT molecular complexity index is 926. The third-order valence-electron chi connectivity index (χ3n) is 4.98. The van der Waals surface area contributed by atoms with Crippen molar-refractivity contribution in [3.8, 4) is 0 Å². The maximum atomic E-state index is 15.2. The minimum absolute atomic E-state index is 0.0684. The number of hydrogen-bond donors (Lipinski definition) is 2. The Balaban J connectivity index is 2.21. The van der Waals surface area contributed by atoms with Gasteiger partial charge in [0.25, 0.3) is 0 Å². The molecule has 140 valence electrons. The summed E-state index contributed by atoms with van der Waals surface area (Å²) in [6.45, 7) is 3.47. The number of pyridine rings is 1. The average Bonchev–Trinajstić information content (AvgIpc) is 3.04. The van der Waals surface area contributed by atoms with Gasteiger partial charge in [0.1, 0.15) is 17.1 Å². The van der Waals surface area contributed by atoms with Crippen LogP contribution < -0.4 is 16.1 Å². The molecule has 0 radical (unpaired) electrons. The number of halogens is 2. The predicted octanol–water partition coefficient (Wildman–Crippen LogP) is 2.17. The first-order chi connectivity index (χ1) is 12.4. The predicted molar refractivity (Wildman–Crippen MR) is 94.7 cm³/mol. The lowest BCUT2D eigenvalue weighted by atomic mass is 10.1. The molecule has 2 heterocycles. The number of hydrogen-bond acceptors (Lipinski definition) is 4. The Kier molecular flexibility index (Phi) is 4.95. The number of carbonyl (C=O) groups is 1. The second kappa shape index (κ2) is 7.03. The second-order valence-electron chi connectivity index (χ2n) is 6.56. The molecule has 1 aromatic heterocycles. The zero-order valence-corrected chi connectivity index (χ0v) is 14.5. The van der Waals surface area contributed by atoms with E-state index < -0.39 is 28.6 Å². The lowest BCUT2D eigenvalue weighted by molar-refractivity contribution is 0.0695. The van der Waals surface area contributed by atoms with Gasteiger partial charge in [-0.1, -0.05) is 0 Å². The molecule has 3 N–H and O–H groups in total. The zero-order chi connectivity index (χ0) is 19.0. The van der Waals surface area contributed by atoms with Crippen molar-refractivity contribution in [1.82, 2.24) is 4.57 Å². The molecule has 8 heteroatoms. The summed E-state index contributed by atoms with van der Waals surface area (Å²) >= 11 is 0. The Hall–Kier alpha value is -2.48. The lowest BCUT2D eigenvalue weighted by Gasteiger charge is -2.22. The Morgan fingerprint density at radius 1 is 1.42 bits per heavy atom. The molecule has 0 aliphatic carbocycles. The highest BCUT2D eigenvalue weighted by molar-refractivity contribution is 5.93. The Morgan fingerprint density at radius 2 is 2.15 bits per heavy atom. The summed E-state index contributed by atoms with van der Waals surface area (Å²) < 4.78 is 31.3. The minimum atomic E-state index is -1.42. The molecule has 1 unspecified atom stereocenters. The van der Waals surface area contributed by atoms with Gasteiger partial charge in [-0.05, 0) is 38.3 Å². The van der Waals surface area contributed by atoms with Gasteiger partial charge in [0.05, 0.1) is 10.9 Å². The molecule has 26 heavy (non-hydrogen) atoms. The first-order valence-corrected chi connectivity index (χ1v) is 8.62. The van der Waals surface area contributed by atoms with Gasteiger partial charge in [-0.3, -0.25) is 4.79 Å². The summed E-state index contributed by atoms with van der Waals surface area (Å²) in [6.07, 6.45) is 2.70. The maximum Gasteiger partial charge on any atom is 0.341 e. The molecule has 1 fully saturated rings. The number of carboxylic acids is 1. The van der Waals surface area contributed by atoms with Gasteiger partial charge in [-0.25, -0.2) is 13.6 Å². The Morgan fingerprint density at radius 3 is 2.77 bits per heavy atom. The van der Waals surface area contributed by atoms with Crippen LogP contribution in [0, 0.1) is 17.6 Å². The molecule has 6 nitrogen and oxygen atoms in total. The van der Waals surface area contributed by atoms with Gasteiger partial charge in [0.2, 0.25) is 5.43 Å². The molecule has 1 atom stereocenters. The monoisotopic (exact) mass is 365 g/mol. The van der Waals surface area contributed by atoms with E-state index in [1.807, 2.05) is 0 Å². The van der Waals surface area contributed by atoms with Gasteiger partial charge in [0.15, 0.2) is 5.82 Å². The summed E-state index contributed by atoms with van der Waals surface area (Å²) in [5.74, 6) is -2.83. The highest BCUT2D eigenvalue weighted by Crippen LogP contribution is 2.33. The molecule has 3 rings (SSSR count). The Labute approximate surface area is 148 Å². The molecule has 2 aromatic rings. The number of benzene rings is 1. The quantitative estimate of drug-likeness (QED) is 0.848. The third kappa shape index (κ3) is 2.94. The molecule has 0 saturated carbocycles. The summed E-state index contributed by atoms with van der Waals surface area (Å²) in [4.78, 5) is 25.3. The highest BCUT2D eigenvalue weighted by atomic mass is 19.1. The summed E-state index contributed by atoms with van der Waals surface area (Å²) in [7, 11) is 0. The number of fused-ring (bicyclic) bond motifs is 1. The van der Waals surface area contributed by atoms with E-state index in [1.165, 1.54) is 4.57 Å². The van der Waals surface area contributed by atoms with Gasteiger partial charge in [-0.15, -0.1) is 0 Å². The van der Waals surface area contributed by atoms with Crippen molar-refractivity contribution >= 4 is 22.6 Å². The van der Waals surface area contributed by atoms with E-state index in [4.69, 9.17) is 5.73 Å². The third-order valence-corrected chi connectivity index (χ3v) is 4.98. The van der Waals surface area contributed by atoms with Crippen molar-refractivity contribution in [2.24, 2.45) is 11.7 Å². The fourth-order valence-electron chi connectivity index (χ4n) is 3.68. The first-order valence-electron chi connectivity index (χ1n) is 8.62.